The van der Waals surface area contributed by atoms with E-state index >= 15 is 0 Å². The number of benzene rings is 1. The molecule has 0 amide bonds. The molecule has 1 aliphatic heterocycles. The van der Waals surface area contributed by atoms with Gasteiger partial charge in [0.15, 0.2) is 5.82 Å². The number of halogens is 1. The van der Waals surface area contributed by atoms with Gasteiger partial charge in [-0.15, -0.1) is 0 Å². The SMILES string of the molecule is Clc1ccccc1-c1cc2c(-c3nc(N4CCNCC4)c4c(C5CCC5)cncc4n3)ccnc2[nH]1. The van der Waals surface area contributed by atoms with E-state index in [1.165, 1.54) is 24.8 Å². The highest BCUT2D eigenvalue weighted by molar-refractivity contribution is 6.33. The Labute approximate surface area is 214 Å². The fraction of sp³-hybridized carbons (Fsp3) is 0.286. The smallest absolute Gasteiger partial charge is 0.163 e. The number of hydrogen-bond acceptors (Lipinski definition) is 6. The fourth-order valence-corrected chi connectivity index (χ4v) is 5.63. The molecule has 7 nitrogen and oxygen atoms in total. The molecule has 4 aromatic heterocycles. The lowest BCUT2D eigenvalue weighted by Gasteiger charge is -2.32. The molecule has 2 N–H and O–H groups in total. The van der Waals surface area contributed by atoms with Gasteiger partial charge in [0, 0.05) is 71.2 Å². The quantitative estimate of drug-likeness (QED) is 0.339. The lowest BCUT2D eigenvalue weighted by molar-refractivity contribution is 0.421. The van der Waals surface area contributed by atoms with Crippen molar-refractivity contribution in [3.05, 3.63) is 65.6 Å². The third kappa shape index (κ3) is 3.62. The van der Waals surface area contributed by atoms with Crippen LogP contribution in [0.25, 0.3) is 44.6 Å². The molecule has 1 aliphatic carbocycles. The molecule has 1 saturated heterocycles. The number of pyridine rings is 2. The van der Waals surface area contributed by atoms with Gasteiger partial charge in [0.05, 0.1) is 11.7 Å². The molecule has 0 atom stereocenters. The first-order valence-corrected chi connectivity index (χ1v) is 13.0. The Balaban J connectivity index is 1.43. The average molecular weight is 496 g/mol. The van der Waals surface area contributed by atoms with Gasteiger partial charge in [-0.25, -0.2) is 15.0 Å². The number of anilines is 1. The molecule has 180 valence electrons. The van der Waals surface area contributed by atoms with Gasteiger partial charge < -0.3 is 15.2 Å². The summed E-state index contributed by atoms with van der Waals surface area (Å²) >= 11 is 6.49. The third-order valence-electron chi connectivity index (χ3n) is 7.52. The number of aromatic nitrogens is 5. The number of rotatable bonds is 4. The van der Waals surface area contributed by atoms with E-state index in [0.29, 0.717) is 16.8 Å². The second kappa shape index (κ2) is 8.84. The maximum absolute atomic E-state index is 6.49. The van der Waals surface area contributed by atoms with E-state index in [4.69, 9.17) is 21.6 Å². The minimum Gasteiger partial charge on any atom is -0.353 e. The average Bonchev–Trinajstić information content (AvgIpc) is 3.32. The van der Waals surface area contributed by atoms with Crippen LogP contribution in [0.4, 0.5) is 5.82 Å². The summed E-state index contributed by atoms with van der Waals surface area (Å²) in [4.78, 5) is 25.3. The largest absolute Gasteiger partial charge is 0.353 e. The zero-order valence-electron chi connectivity index (χ0n) is 19.8. The predicted octanol–water partition coefficient (Wildman–Crippen LogP) is 5.57. The van der Waals surface area contributed by atoms with Crippen molar-refractivity contribution < 1.29 is 0 Å². The van der Waals surface area contributed by atoms with Crippen LogP contribution in [0.15, 0.2) is 55.0 Å². The van der Waals surface area contributed by atoms with Crippen molar-refractivity contribution >= 4 is 39.4 Å². The van der Waals surface area contributed by atoms with Crippen LogP contribution in [0.2, 0.25) is 5.02 Å². The Bertz CT molecular complexity index is 1580. The Morgan fingerprint density at radius 3 is 2.64 bits per heavy atom. The van der Waals surface area contributed by atoms with E-state index in [1.54, 1.807) is 0 Å². The molecule has 0 bridgehead atoms. The first kappa shape index (κ1) is 21.7. The van der Waals surface area contributed by atoms with Crippen LogP contribution < -0.4 is 10.2 Å². The number of aromatic amines is 1. The van der Waals surface area contributed by atoms with Gasteiger partial charge in [-0.05, 0) is 42.5 Å². The van der Waals surface area contributed by atoms with E-state index in [2.05, 4.69) is 31.2 Å². The van der Waals surface area contributed by atoms with Crippen LogP contribution >= 0.6 is 11.6 Å². The molecule has 5 heterocycles. The molecule has 2 fully saturated rings. The van der Waals surface area contributed by atoms with Gasteiger partial charge in [-0.1, -0.05) is 36.2 Å². The molecule has 1 saturated carbocycles. The third-order valence-corrected chi connectivity index (χ3v) is 7.84. The zero-order valence-corrected chi connectivity index (χ0v) is 20.6. The van der Waals surface area contributed by atoms with Crippen molar-refractivity contribution in [1.29, 1.82) is 0 Å². The second-order valence-electron chi connectivity index (χ2n) is 9.64. The summed E-state index contributed by atoms with van der Waals surface area (Å²) in [5, 5.41) is 6.30. The van der Waals surface area contributed by atoms with Crippen LogP contribution in [0.3, 0.4) is 0 Å². The molecular weight excluding hydrogens is 470 g/mol. The summed E-state index contributed by atoms with van der Waals surface area (Å²) < 4.78 is 0. The molecule has 0 radical (unpaired) electrons. The lowest BCUT2D eigenvalue weighted by atomic mass is 9.79. The molecule has 0 unspecified atom stereocenters. The molecule has 8 heteroatoms. The van der Waals surface area contributed by atoms with E-state index in [9.17, 15) is 0 Å². The van der Waals surface area contributed by atoms with Crippen molar-refractivity contribution in [2.24, 2.45) is 0 Å². The van der Waals surface area contributed by atoms with Crippen LogP contribution in [0.5, 0.6) is 0 Å². The van der Waals surface area contributed by atoms with Crippen molar-refractivity contribution in [3.63, 3.8) is 0 Å². The fourth-order valence-electron chi connectivity index (χ4n) is 5.39. The lowest BCUT2D eigenvalue weighted by Crippen LogP contribution is -2.44. The summed E-state index contributed by atoms with van der Waals surface area (Å²) in [5.74, 6) is 2.26. The van der Waals surface area contributed by atoms with E-state index < -0.39 is 0 Å². The summed E-state index contributed by atoms with van der Waals surface area (Å²) in [6, 6.07) is 11.9. The molecule has 5 aromatic rings. The molecular formula is C28H26ClN7. The standard InChI is InChI=1S/C28H26ClN7/c29-22-7-2-1-6-19(22)23-14-20-18(8-9-32-26(20)33-23)27-34-24-16-31-15-21(17-4-3-5-17)25(24)28(35-27)36-12-10-30-11-13-36/h1-2,6-9,14-17,30H,3-5,10-13H2,(H,32,33). The Morgan fingerprint density at radius 2 is 1.83 bits per heavy atom. The van der Waals surface area contributed by atoms with Gasteiger partial charge in [0.2, 0.25) is 0 Å². The van der Waals surface area contributed by atoms with E-state index in [-0.39, 0.29) is 0 Å². The van der Waals surface area contributed by atoms with Gasteiger partial charge in [0.25, 0.3) is 0 Å². The zero-order chi connectivity index (χ0) is 24.1. The minimum absolute atomic E-state index is 0.549. The summed E-state index contributed by atoms with van der Waals surface area (Å²) in [6.45, 7) is 3.74. The maximum atomic E-state index is 6.49. The second-order valence-corrected chi connectivity index (χ2v) is 10.0. The Kier molecular flexibility index (Phi) is 5.33. The highest BCUT2D eigenvalue weighted by atomic mass is 35.5. The van der Waals surface area contributed by atoms with E-state index in [0.717, 1.165) is 70.8 Å². The normalized spacial score (nSPS) is 16.5. The first-order chi connectivity index (χ1) is 17.8. The summed E-state index contributed by atoms with van der Waals surface area (Å²) in [6.07, 6.45) is 9.43. The number of nitrogens with zero attached hydrogens (tertiary/aromatic N) is 5. The minimum atomic E-state index is 0.549. The van der Waals surface area contributed by atoms with Crippen LogP contribution in [-0.2, 0) is 0 Å². The topological polar surface area (TPSA) is 82.6 Å². The number of nitrogens with one attached hydrogen (secondary N) is 2. The van der Waals surface area contributed by atoms with Crippen molar-refractivity contribution in [2.45, 2.75) is 25.2 Å². The highest BCUT2D eigenvalue weighted by Gasteiger charge is 2.27. The van der Waals surface area contributed by atoms with Crippen molar-refractivity contribution in [1.82, 2.24) is 30.2 Å². The molecule has 7 rings (SSSR count). The van der Waals surface area contributed by atoms with Gasteiger partial charge in [-0.2, -0.15) is 0 Å². The van der Waals surface area contributed by atoms with E-state index in [1.807, 2.05) is 48.9 Å². The number of piperazine rings is 1. The van der Waals surface area contributed by atoms with Gasteiger partial charge >= 0.3 is 0 Å². The molecule has 2 aliphatic rings. The summed E-state index contributed by atoms with van der Waals surface area (Å²) in [5.41, 5.74) is 5.80. The number of fused-ring (bicyclic) bond motifs is 2. The Morgan fingerprint density at radius 1 is 0.972 bits per heavy atom. The number of hydrogen-bond donors (Lipinski definition) is 2. The van der Waals surface area contributed by atoms with Crippen LogP contribution in [-0.4, -0.2) is 51.1 Å². The monoisotopic (exact) mass is 495 g/mol. The van der Waals surface area contributed by atoms with Crippen LogP contribution in [0.1, 0.15) is 30.7 Å². The van der Waals surface area contributed by atoms with Gasteiger partial charge in [-0.3, -0.25) is 4.98 Å². The molecule has 0 spiro atoms. The highest BCUT2D eigenvalue weighted by Crippen LogP contribution is 2.42. The van der Waals surface area contributed by atoms with Crippen LogP contribution in [0, 0.1) is 0 Å². The maximum Gasteiger partial charge on any atom is 0.163 e. The molecule has 36 heavy (non-hydrogen) atoms. The van der Waals surface area contributed by atoms with Crippen molar-refractivity contribution in [2.75, 3.05) is 31.1 Å². The predicted molar refractivity (Wildman–Crippen MR) is 145 cm³/mol. The molecule has 1 aromatic carbocycles. The summed E-state index contributed by atoms with van der Waals surface area (Å²) in [7, 11) is 0. The Hall–Kier alpha value is -3.55. The van der Waals surface area contributed by atoms with Gasteiger partial charge in [0.1, 0.15) is 11.5 Å². The van der Waals surface area contributed by atoms with Crippen molar-refractivity contribution in [3.8, 4) is 22.6 Å². The first-order valence-electron chi connectivity index (χ1n) is 12.6. The number of H-pyrrole nitrogens is 1.